The second kappa shape index (κ2) is 5.45. The molecular formula is C15H17N3. The molecule has 92 valence electrons. The first-order chi connectivity index (χ1) is 8.65. The molecule has 0 fully saturated rings. The molecule has 18 heavy (non-hydrogen) atoms. The molecule has 0 atom stereocenters. The summed E-state index contributed by atoms with van der Waals surface area (Å²) in [6.07, 6.45) is 3.65. The summed E-state index contributed by atoms with van der Waals surface area (Å²) in [5, 5.41) is 0. The van der Waals surface area contributed by atoms with Crippen LogP contribution in [0.15, 0.2) is 47.6 Å². The highest BCUT2D eigenvalue weighted by atomic mass is 15.1. The van der Waals surface area contributed by atoms with E-state index in [9.17, 15) is 0 Å². The van der Waals surface area contributed by atoms with Crippen LogP contribution in [0.4, 0.5) is 11.5 Å². The van der Waals surface area contributed by atoms with E-state index in [1.54, 1.807) is 0 Å². The minimum absolute atomic E-state index is 0.734. The number of aromatic nitrogens is 1. The van der Waals surface area contributed by atoms with Crippen molar-refractivity contribution in [3.8, 4) is 0 Å². The Morgan fingerprint density at radius 1 is 1.06 bits per heavy atom. The van der Waals surface area contributed by atoms with Crippen LogP contribution in [0.25, 0.3) is 0 Å². The Bertz CT molecular complexity index is 525. The van der Waals surface area contributed by atoms with Crippen LogP contribution in [0.5, 0.6) is 0 Å². The van der Waals surface area contributed by atoms with Crippen LogP contribution in [0.3, 0.4) is 0 Å². The Morgan fingerprint density at radius 3 is 2.33 bits per heavy atom. The molecule has 1 aromatic heterocycles. The average molecular weight is 239 g/mol. The maximum Gasteiger partial charge on any atom is 0.151 e. The van der Waals surface area contributed by atoms with E-state index in [4.69, 9.17) is 0 Å². The third-order valence-electron chi connectivity index (χ3n) is 2.65. The number of anilines is 1. The lowest BCUT2D eigenvalue weighted by Crippen LogP contribution is -2.08. The topological polar surface area (TPSA) is 28.5 Å². The molecular weight excluding hydrogens is 222 g/mol. The predicted molar refractivity (Wildman–Crippen MR) is 77.0 cm³/mol. The molecule has 0 aliphatic carbocycles. The number of aryl methyl sites for hydroxylation is 1. The number of rotatable bonds is 3. The maximum atomic E-state index is 4.34. The first kappa shape index (κ1) is 12.3. The molecule has 0 bridgehead atoms. The lowest BCUT2D eigenvalue weighted by molar-refractivity contribution is 1.13. The molecule has 0 saturated heterocycles. The van der Waals surface area contributed by atoms with Gasteiger partial charge in [-0.05, 0) is 36.2 Å². The Hall–Kier alpha value is -2.16. The van der Waals surface area contributed by atoms with Crippen molar-refractivity contribution in [2.24, 2.45) is 4.99 Å². The van der Waals surface area contributed by atoms with Crippen LogP contribution in [0.2, 0.25) is 0 Å². The van der Waals surface area contributed by atoms with Crippen molar-refractivity contribution in [2.75, 3.05) is 19.0 Å². The molecule has 0 spiro atoms. The molecule has 3 heteroatoms. The lowest BCUT2D eigenvalue weighted by Gasteiger charge is -2.11. The van der Waals surface area contributed by atoms with Crippen LogP contribution in [-0.2, 0) is 0 Å². The van der Waals surface area contributed by atoms with Gasteiger partial charge in [0.25, 0.3) is 0 Å². The smallest absolute Gasteiger partial charge is 0.151 e. The summed E-state index contributed by atoms with van der Waals surface area (Å²) in [7, 11) is 4.05. The number of hydrogen-bond acceptors (Lipinski definition) is 3. The van der Waals surface area contributed by atoms with Gasteiger partial charge in [0.2, 0.25) is 0 Å². The van der Waals surface area contributed by atoms with Crippen molar-refractivity contribution in [1.82, 2.24) is 4.98 Å². The van der Waals surface area contributed by atoms with Gasteiger partial charge in [-0.1, -0.05) is 18.2 Å². The zero-order chi connectivity index (χ0) is 13.0. The van der Waals surface area contributed by atoms with Gasteiger partial charge in [0.1, 0.15) is 0 Å². The van der Waals surface area contributed by atoms with Crippen molar-refractivity contribution < 1.29 is 0 Å². The van der Waals surface area contributed by atoms with Gasteiger partial charge in [0, 0.05) is 32.2 Å². The monoisotopic (exact) mass is 239 g/mol. The molecule has 1 heterocycles. The summed E-state index contributed by atoms with van der Waals surface area (Å²) >= 11 is 0. The Labute approximate surface area is 108 Å². The molecule has 0 aliphatic heterocycles. The van der Waals surface area contributed by atoms with Crippen LogP contribution in [-0.4, -0.2) is 25.3 Å². The van der Waals surface area contributed by atoms with Crippen molar-refractivity contribution >= 4 is 17.7 Å². The quantitative estimate of drug-likeness (QED) is 0.769. The van der Waals surface area contributed by atoms with Crippen LogP contribution >= 0.6 is 0 Å². The highest BCUT2D eigenvalue weighted by molar-refractivity contribution is 5.82. The van der Waals surface area contributed by atoms with Gasteiger partial charge >= 0.3 is 0 Å². The fourth-order valence-corrected chi connectivity index (χ4v) is 1.54. The fourth-order valence-electron chi connectivity index (χ4n) is 1.54. The molecule has 2 rings (SSSR count). The minimum atomic E-state index is 0.734. The van der Waals surface area contributed by atoms with Crippen molar-refractivity contribution in [1.29, 1.82) is 0 Å². The van der Waals surface area contributed by atoms with Gasteiger partial charge in [0.15, 0.2) is 5.82 Å². The molecule has 2 aromatic rings. The number of aliphatic imine (C=N–C) groups is 1. The summed E-state index contributed by atoms with van der Waals surface area (Å²) in [6.45, 7) is 2.01. The van der Waals surface area contributed by atoms with Crippen LogP contribution in [0.1, 0.15) is 11.1 Å². The Kier molecular flexibility index (Phi) is 3.72. The maximum absolute atomic E-state index is 4.34. The third kappa shape index (κ3) is 3.17. The zero-order valence-corrected chi connectivity index (χ0v) is 11.0. The lowest BCUT2D eigenvalue weighted by atomic mass is 10.2. The van der Waals surface area contributed by atoms with Gasteiger partial charge in [-0.15, -0.1) is 0 Å². The minimum Gasteiger partial charge on any atom is -0.378 e. The SMILES string of the molecule is Cc1ccc(N=Cc2ccc(N(C)C)cc2)nc1. The van der Waals surface area contributed by atoms with Gasteiger partial charge < -0.3 is 4.90 Å². The van der Waals surface area contributed by atoms with E-state index in [0.717, 1.165) is 16.9 Å². The van der Waals surface area contributed by atoms with E-state index in [1.165, 1.54) is 5.69 Å². The van der Waals surface area contributed by atoms with Crippen molar-refractivity contribution in [3.63, 3.8) is 0 Å². The normalized spacial score (nSPS) is 10.8. The average Bonchev–Trinajstić information content (AvgIpc) is 2.38. The first-order valence-corrected chi connectivity index (χ1v) is 5.89. The molecule has 0 saturated carbocycles. The molecule has 0 radical (unpaired) electrons. The summed E-state index contributed by atoms with van der Waals surface area (Å²) in [5.41, 5.74) is 3.40. The van der Waals surface area contributed by atoms with E-state index in [0.29, 0.717) is 0 Å². The predicted octanol–water partition coefficient (Wildman–Crippen LogP) is 3.21. The Morgan fingerprint density at radius 2 is 1.78 bits per heavy atom. The largest absolute Gasteiger partial charge is 0.378 e. The molecule has 0 amide bonds. The van der Waals surface area contributed by atoms with Gasteiger partial charge in [-0.3, -0.25) is 0 Å². The fraction of sp³-hybridized carbons (Fsp3) is 0.200. The summed E-state index contributed by atoms with van der Waals surface area (Å²) in [6, 6.07) is 12.2. The number of hydrogen-bond donors (Lipinski definition) is 0. The molecule has 0 unspecified atom stereocenters. The molecule has 1 aromatic carbocycles. The molecule has 0 N–H and O–H groups in total. The highest BCUT2D eigenvalue weighted by Gasteiger charge is 1.94. The first-order valence-electron chi connectivity index (χ1n) is 5.89. The third-order valence-corrected chi connectivity index (χ3v) is 2.65. The number of pyridine rings is 1. The van der Waals surface area contributed by atoms with Crippen molar-refractivity contribution in [2.45, 2.75) is 6.92 Å². The highest BCUT2D eigenvalue weighted by Crippen LogP contribution is 2.12. The zero-order valence-electron chi connectivity index (χ0n) is 11.0. The number of nitrogens with zero attached hydrogens (tertiary/aromatic N) is 3. The summed E-state index contributed by atoms with van der Waals surface area (Å²) in [5.74, 6) is 0.734. The van der Waals surface area contributed by atoms with E-state index in [-0.39, 0.29) is 0 Å². The second-order valence-corrected chi connectivity index (χ2v) is 4.44. The van der Waals surface area contributed by atoms with Gasteiger partial charge in [-0.25, -0.2) is 9.98 Å². The van der Waals surface area contributed by atoms with E-state index in [1.807, 2.05) is 57.7 Å². The van der Waals surface area contributed by atoms with Crippen LogP contribution in [0, 0.1) is 6.92 Å². The number of benzene rings is 1. The van der Waals surface area contributed by atoms with Crippen LogP contribution < -0.4 is 4.90 Å². The van der Waals surface area contributed by atoms with Gasteiger partial charge in [0.05, 0.1) is 0 Å². The standard InChI is InChI=1S/C15H17N3/c1-12-4-9-15(16-10-12)17-11-13-5-7-14(8-6-13)18(2)3/h4-11H,1-3H3. The van der Waals surface area contributed by atoms with Crippen molar-refractivity contribution in [3.05, 3.63) is 53.7 Å². The molecule has 3 nitrogen and oxygen atoms in total. The Balaban J connectivity index is 2.11. The van der Waals surface area contributed by atoms with E-state index in [2.05, 4.69) is 27.0 Å². The summed E-state index contributed by atoms with van der Waals surface area (Å²) in [4.78, 5) is 10.6. The van der Waals surface area contributed by atoms with E-state index >= 15 is 0 Å². The summed E-state index contributed by atoms with van der Waals surface area (Å²) < 4.78 is 0. The second-order valence-electron chi connectivity index (χ2n) is 4.44. The van der Waals surface area contributed by atoms with E-state index < -0.39 is 0 Å². The van der Waals surface area contributed by atoms with Gasteiger partial charge in [-0.2, -0.15) is 0 Å². The molecule has 0 aliphatic rings.